The van der Waals surface area contributed by atoms with Crippen LogP contribution in [0.1, 0.15) is 37.1 Å². The molecular weight excluding hydrogens is 386 g/mol. The van der Waals surface area contributed by atoms with Crippen LogP contribution in [0.15, 0.2) is 9.42 Å². The summed E-state index contributed by atoms with van der Waals surface area (Å²) in [5.41, 5.74) is 0.359. The fourth-order valence-corrected chi connectivity index (χ4v) is 5.42. The highest BCUT2D eigenvalue weighted by molar-refractivity contribution is 7.89. The van der Waals surface area contributed by atoms with E-state index in [0.717, 1.165) is 19.4 Å². The van der Waals surface area contributed by atoms with Crippen LogP contribution in [0.3, 0.4) is 0 Å². The molecule has 0 spiro atoms. The number of ether oxygens (including phenoxy) is 2. The molecule has 0 aliphatic carbocycles. The monoisotopic (exact) mass is 415 g/mol. The molecule has 0 saturated carbocycles. The third kappa shape index (κ3) is 4.91. The lowest BCUT2D eigenvalue weighted by molar-refractivity contribution is -0.132. The van der Waals surface area contributed by atoms with Gasteiger partial charge in [-0.3, -0.25) is 4.79 Å². The Morgan fingerprint density at radius 3 is 2.71 bits per heavy atom. The van der Waals surface area contributed by atoms with E-state index >= 15 is 0 Å². The highest BCUT2D eigenvalue weighted by Crippen LogP contribution is 2.24. The fraction of sp³-hybridized carbons (Fsp3) is 0.778. The maximum absolute atomic E-state index is 12.9. The molecule has 158 valence electrons. The predicted molar refractivity (Wildman–Crippen MR) is 100 cm³/mol. The summed E-state index contributed by atoms with van der Waals surface area (Å²) in [5.74, 6) is 0.280. The highest BCUT2D eigenvalue weighted by atomic mass is 32.2. The van der Waals surface area contributed by atoms with Gasteiger partial charge in [0.1, 0.15) is 10.6 Å². The van der Waals surface area contributed by atoms with Gasteiger partial charge in [0.15, 0.2) is 5.76 Å². The van der Waals surface area contributed by atoms with Gasteiger partial charge in [-0.15, -0.1) is 0 Å². The molecule has 1 atom stereocenters. The molecule has 9 nitrogen and oxygen atoms in total. The molecule has 0 N–H and O–H groups in total. The van der Waals surface area contributed by atoms with Crippen molar-refractivity contribution in [1.82, 2.24) is 14.4 Å². The lowest BCUT2D eigenvalue weighted by Gasteiger charge is -2.22. The maximum atomic E-state index is 12.9. The Balaban J connectivity index is 1.49. The Morgan fingerprint density at radius 1 is 1.21 bits per heavy atom. The molecule has 1 unspecified atom stereocenters. The van der Waals surface area contributed by atoms with Gasteiger partial charge in [0.2, 0.25) is 15.9 Å². The Hall–Kier alpha value is -1.49. The largest absolute Gasteiger partial charge is 0.378 e. The van der Waals surface area contributed by atoms with E-state index in [1.54, 1.807) is 18.7 Å². The summed E-state index contributed by atoms with van der Waals surface area (Å²) in [4.78, 5) is 14.3. The lowest BCUT2D eigenvalue weighted by atomic mass is 10.2. The minimum atomic E-state index is -3.68. The number of carbonyl (C=O) groups excluding carboxylic acids is 1. The van der Waals surface area contributed by atoms with Gasteiger partial charge in [-0.05, 0) is 33.1 Å². The average molecular weight is 416 g/mol. The van der Waals surface area contributed by atoms with E-state index in [1.807, 2.05) is 0 Å². The van der Waals surface area contributed by atoms with Crippen molar-refractivity contribution in [3.05, 3.63) is 11.5 Å². The maximum Gasteiger partial charge on any atom is 0.248 e. The molecule has 0 radical (unpaired) electrons. The summed E-state index contributed by atoms with van der Waals surface area (Å²) in [6.45, 7) is 6.41. The van der Waals surface area contributed by atoms with Crippen molar-refractivity contribution in [3.8, 4) is 0 Å². The normalized spacial score (nSPS) is 21.8. The number of hydrogen-bond donors (Lipinski definition) is 0. The number of aromatic nitrogens is 1. The topological polar surface area (TPSA) is 102 Å². The van der Waals surface area contributed by atoms with Crippen LogP contribution >= 0.6 is 0 Å². The van der Waals surface area contributed by atoms with Crippen molar-refractivity contribution in [2.45, 2.75) is 50.5 Å². The first-order valence-corrected chi connectivity index (χ1v) is 11.2. The van der Waals surface area contributed by atoms with Crippen LogP contribution in [0, 0.1) is 13.8 Å². The summed E-state index contributed by atoms with van der Waals surface area (Å²) in [6.07, 6.45) is 3.11. The van der Waals surface area contributed by atoms with Crippen molar-refractivity contribution in [2.75, 3.05) is 46.0 Å². The van der Waals surface area contributed by atoms with Crippen molar-refractivity contribution in [1.29, 1.82) is 0 Å². The molecule has 0 aromatic carbocycles. The third-order valence-electron chi connectivity index (χ3n) is 5.16. The van der Waals surface area contributed by atoms with Crippen molar-refractivity contribution in [2.24, 2.45) is 0 Å². The second-order valence-corrected chi connectivity index (χ2v) is 9.13. The van der Waals surface area contributed by atoms with Crippen LogP contribution in [0.25, 0.3) is 0 Å². The van der Waals surface area contributed by atoms with Crippen molar-refractivity contribution >= 4 is 15.9 Å². The first kappa shape index (κ1) is 21.2. The van der Waals surface area contributed by atoms with E-state index in [9.17, 15) is 13.2 Å². The van der Waals surface area contributed by atoms with Gasteiger partial charge in [0, 0.05) is 32.8 Å². The molecule has 1 aromatic heterocycles. The van der Waals surface area contributed by atoms with Crippen LogP contribution in [0.5, 0.6) is 0 Å². The average Bonchev–Trinajstić information content (AvgIpc) is 3.20. The lowest BCUT2D eigenvalue weighted by Crippen LogP contribution is -2.38. The Labute approximate surface area is 166 Å². The van der Waals surface area contributed by atoms with E-state index in [2.05, 4.69) is 5.16 Å². The van der Waals surface area contributed by atoms with E-state index in [1.165, 1.54) is 4.31 Å². The molecule has 2 saturated heterocycles. The summed E-state index contributed by atoms with van der Waals surface area (Å²) in [7, 11) is -3.68. The molecule has 3 heterocycles. The number of amides is 1. The molecule has 2 aliphatic rings. The molecule has 28 heavy (non-hydrogen) atoms. The quantitative estimate of drug-likeness (QED) is 0.615. The van der Waals surface area contributed by atoms with E-state index in [-0.39, 0.29) is 29.2 Å². The highest BCUT2D eigenvalue weighted by Gasteiger charge is 2.32. The molecule has 0 bridgehead atoms. The van der Waals surface area contributed by atoms with Crippen molar-refractivity contribution in [3.63, 3.8) is 0 Å². The molecule has 2 fully saturated rings. The molecule has 1 amide bonds. The minimum absolute atomic E-state index is 0.0103. The summed E-state index contributed by atoms with van der Waals surface area (Å²) < 4.78 is 43.4. The van der Waals surface area contributed by atoms with Crippen LogP contribution in [0.4, 0.5) is 0 Å². The Kier molecular flexibility index (Phi) is 7.08. The second-order valence-electron chi connectivity index (χ2n) is 7.25. The minimum Gasteiger partial charge on any atom is -0.378 e. The predicted octanol–water partition coefficient (Wildman–Crippen LogP) is 1.10. The molecule has 10 heteroatoms. The van der Waals surface area contributed by atoms with Crippen LogP contribution < -0.4 is 0 Å². The number of hydrogen-bond acceptors (Lipinski definition) is 7. The first-order chi connectivity index (χ1) is 13.4. The van der Waals surface area contributed by atoms with Crippen LogP contribution in [0.2, 0.25) is 0 Å². The van der Waals surface area contributed by atoms with Gasteiger partial charge >= 0.3 is 0 Å². The van der Waals surface area contributed by atoms with Crippen LogP contribution in [-0.2, 0) is 24.3 Å². The van der Waals surface area contributed by atoms with Crippen LogP contribution in [-0.4, -0.2) is 80.8 Å². The van der Waals surface area contributed by atoms with Gasteiger partial charge in [0.25, 0.3) is 0 Å². The van der Waals surface area contributed by atoms with Gasteiger partial charge in [-0.25, -0.2) is 8.42 Å². The number of carbonyl (C=O) groups is 1. The number of nitrogens with zero attached hydrogens (tertiary/aromatic N) is 3. The van der Waals surface area contributed by atoms with Gasteiger partial charge in [-0.1, -0.05) is 5.16 Å². The Morgan fingerprint density at radius 2 is 2.04 bits per heavy atom. The van der Waals surface area contributed by atoms with Gasteiger partial charge < -0.3 is 18.9 Å². The third-order valence-corrected chi connectivity index (χ3v) is 7.31. The van der Waals surface area contributed by atoms with Crippen molar-refractivity contribution < 1.29 is 27.2 Å². The molecular formula is C18H29N3O6S. The zero-order valence-electron chi connectivity index (χ0n) is 16.6. The molecule has 2 aliphatic heterocycles. The van der Waals surface area contributed by atoms with Gasteiger partial charge in [-0.2, -0.15) is 4.31 Å². The molecule has 3 rings (SSSR count). The standard InChI is InChI=1S/C18H29N3O6S/c1-14-18(15(2)27-19-14)28(23,24)21-8-4-7-20(9-10-21)17(22)6-12-25-13-16-5-3-11-26-16/h16H,3-13H2,1-2H3. The van der Waals surface area contributed by atoms with Gasteiger partial charge in [0.05, 0.1) is 25.7 Å². The number of rotatable bonds is 7. The number of aryl methyl sites for hydroxylation is 2. The van der Waals surface area contributed by atoms with E-state index in [0.29, 0.717) is 51.4 Å². The fourth-order valence-electron chi connectivity index (χ4n) is 3.66. The smallest absolute Gasteiger partial charge is 0.248 e. The summed E-state index contributed by atoms with van der Waals surface area (Å²) in [5, 5.41) is 3.75. The zero-order chi connectivity index (χ0) is 20.1. The second kappa shape index (κ2) is 9.34. The molecule has 1 aromatic rings. The summed E-state index contributed by atoms with van der Waals surface area (Å²) in [6, 6.07) is 0. The zero-order valence-corrected chi connectivity index (χ0v) is 17.4. The van der Waals surface area contributed by atoms with E-state index < -0.39 is 10.0 Å². The SMILES string of the molecule is Cc1noc(C)c1S(=O)(=O)N1CCCN(C(=O)CCOCC2CCCO2)CC1. The number of sulfonamides is 1. The van der Waals surface area contributed by atoms with E-state index in [4.69, 9.17) is 14.0 Å². The first-order valence-electron chi connectivity index (χ1n) is 9.79. The summed E-state index contributed by atoms with van der Waals surface area (Å²) >= 11 is 0. The Bertz CT molecular complexity index is 753.